The van der Waals surface area contributed by atoms with Crippen LogP contribution in [0.25, 0.3) is 0 Å². The Kier molecular flexibility index (Phi) is 4.95. The van der Waals surface area contributed by atoms with Gasteiger partial charge in [0.1, 0.15) is 11.4 Å². The molecule has 0 aromatic heterocycles. The second kappa shape index (κ2) is 6.91. The zero-order valence-corrected chi connectivity index (χ0v) is 13.3. The molecule has 0 bridgehead atoms. The van der Waals surface area contributed by atoms with Crippen LogP contribution in [0.15, 0.2) is 36.4 Å². The van der Waals surface area contributed by atoms with Crippen molar-refractivity contribution in [3.8, 4) is 5.75 Å². The van der Waals surface area contributed by atoms with E-state index in [1.807, 2.05) is 26.0 Å². The minimum absolute atomic E-state index is 0.134. The lowest BCUT2D eigenvalue weighted by Gasteiger charge is -2.11. The Morgan fingerprint density at radius 1 is 1.22 bits per heavy atom. The quantitative estimate of drug-likeness (QED) is 0.676. The molecular weight excluding hydrogens is 296 g/mol. The summed E-state index contributed by atoms with van der Waals surface area (Å²) in [5.74, 6) is 0.177. The van der Waals surface area contributed by atoms with Gasteiger partial charge in [-0.2, -0.15) is 0 Å². The number of hydrogen-bond donors (Lipinski definition) is 1. The van der Waals surface area contributed by atoms with Gasteiger partial charge in [-0.1, -0.05) is 18.2 Å². The van der Waals surface area contributed by atoms with Gasteiger partial charge in [-0.15, -0.1) is 0 Å². The van der Waals surface area contributed by atoms with Crippen LogP contribution in [0.1, 0.15) is 16.7 Å². The van der Waals surface area contributed by atoms with Crippen molar-refractivity contribution in [3.05, 3.63) is 63.2 Å². The van der Waals surface area contributed by atoms with E-state index in [1.54, 1.807) is 19.1 Å². The van der Waals surface area contributed by atoms with Crippen molar-refractivity contribution in [1.82, 2.24) is 0 Å². The molecule has 1 amide bonds. The summed E-state index contributed by atoms with van der Waals surface area (Å²) in [6.07, 6.45) is 0. The van der Waals surface area contributed by atoms with Gasteiger partial charge < -0.3 is 10.1 Å². The van der Waals surface area contributed by atoms with Crippen LogP contribution in [-0.2, 0) is 4.79 Å². The molecule has 2 aromatic rings. The molecule has 2 aromatic carbocycles. The van der Waals surface area contributed by atoms with Crippen LogP contribution >= 0.6 is 0 Å². The Bertz CT molecular complexity index is 756. The third-order valence-electron chi connectivity index (χ3n) is 3.54. The number of nitro groups is 1. The highest BCUT2D eigenvalue weighted by Gasteiger charge is 2.16. The standard InChI is InChI=1S/C17H18N2O4/c1-11-7-8-14(15(9-11)19(21)22)18-17(20)10-23-16-6-4-5-12(2)13(16)3/h4-9H,10H2,1-3H3,(H,18,20). The molecule has 0 saturated heterocycles. The van der Waals surface area contributed by atoms with Crippen LogP contribution in [0.3, 0.4) is 0 Å². The molecule has 1 N–H and O–H groups in total. The van der Waals surface area contributed by atoms with Crippen molar-refractivity contribution in [2.45, 2.75) is 20.8 Å². The molecule has 0 fully saturated rings. The summed E-state index contributed by atoms with van der Waals surface area (Å²) in [6.45, 7) is 5.41. The van der Waals surface area contributed by atoms with Gasteiger partial charge >= 0.3 is 0 Å². The summed E-state index contributed by atoms with van der Waals surface area (Å²) < 4.78 is 5.49. The first-order valence-electron chi connectivity index (χ1n) is 7.12. The van der Waals surface area contributed by atoms with Crippen LogP contribution in [0.4, 0.5) is 11.4 Å². The molecule has 23 heavy (non-hydrogen) atoms. The average Bonchev–Trinajstić information content (AvgIpc) is 2.50. The van der Waals surface area contributed by atoms with Crippen LogP contribution in [0.2, 0.25) is 0 Å². The van der Waals surface area contributed by atoms with E-state index in [4.69, 9.17) is 4.74 Å². The van der Waals surface area contributed by atoms with Crippen molar-refractivity contribution >= 4 is 17.3 Å². The van der Waals surface area contributed by atoms with Gasteiger partial charge in [0.2, 0.25) is 0 Å². The third kappa shape index (κ3) is 4.06. The largest absolute Gasteiger partial charge is 0.483 e. The van der Waals surface area contributed by atoms with Crippen molar-refractivity contribution < 1.29 is 14.5 Å². The number of benzene rings is 2. The Hall–Kier alpha value is -2.89. The highest BCUT2D eigenvalue weighted by molar-refractivity contribution is 5.94. The second-order valence-corrected chi connectivity index (χ2v) is 5.31. The lowest BCUT2D eigenvalue weighted by Crippen LogP contribution is -2.21. The smallest absolute Gasteiger partial charge is 0.293 e. The summed E-state index contributed by atoms with van der Waals surface area (Å²) >= 11 is 0. The van der Waals surface area contributed by atoms with Crippen LogP contribution < -0.4 is 10.1 Å². The number of amides is 1. The molecule has 2 rings (SSSR count). The van der Waals surface area contributed by atoms with Crippen molar-refractivity contribution in [2.75, 3.05) is 11.9 Å². The summed E-state index contributed by atoms with van der Waals surface area (Å²) in [5, 5.41) is 13.6. The number of carbonyl (C=O) groups is 1. The maximum absolute atomic E-state index is 12.0. The normalized spacial score (nSPS) is 10.2. The Labute approximate surface area is 134 Å². The first-order valence-corrected chi connectivity index (χ1v) is 7.12. The molecule has 0 unspecified atom stereocenters. The maximum atomic E-state index is 12.0. The molecule has 6 heteroatoms. The van der Waals surface area contributed by atoms with E-state index in [0.29, 0.717) is 5.75 Å². The fourth-order valence-corrected chi connectivity index (χ4v) is 2.11. The number of nitrogens with zero attached hydrogens (tertiary/aromatic N) is 1. The lowest BCUT2D eigenvalue weighted by atomic mass is 10.1. The summed E-state index contributed by atoms with van der Waals surface area (Å²) in [6, 6.07) is 10.2. The molecule has 0 saturated carbocycles. The molecule has 0 heterocycles. The number of nitrogens with one attached hydrogen (secondary N) is 1. The molecule has 0 radical (unpaired) electrons. The predicted octanol–water partition coefficient (Wildman–Crippen LogP) is 3.54. The molecule has 0 spiro atoms. The van der Waals surface area contributed by atoms with E-state index in [0.717, 1.165) is 16.7 Å². The molecule has 0 aliphatic rings. The number of carbonyl (C=O) groups excluding carboxylic acids is 1. The van der Waals surface area contributed by atoms with E-state index in [9.17, 15) is 14.9 Å². The number of ether oxygens (including phenoxy) is 1. The minimum Gasteiger partial charge on any atom is -0.483 e. The number of aryl methyl sites for hydroxylation is 2. The van der Waals surface area contributed by atoms with Gasteiger partial charge in [-0.3, -0.25) is 14.9 Å². The van der Waals surface area contributed by atoms with E-state index in [1.165, 1.54) is 12.1 Å². The molecule has 0 aliphatic heterocycles. The van der Waals surface area contributed by atoms with Gasteiger partial charge in [0.25, 0.3) is 11.6 Å². The number of hydrogen-bond acceptors (Lipinski definition) is 4. The van der Waals surface area contributed by atoms with Crippen molar-refractivity contribution in [1.29, 1.82) is 0 Å². The molecule has 0 aliphatic carbocycles. The number of rotatable bonds is 5. The maximum Gasteiger partial charge on any atom is 0.293 e. The SMILES string of the molecule is Cc1ccc(NC(=O)COc2cccc(C)c2C)c([N+](=O)[O-])c1. The van der Waals surface area contributed by atoms with Gasteiger partial charge in [0, 0.05) is 6.07 Å². The number of nitro benzene ring substituents is 1. The summed E-state index contributed by atoms with van der Waals surface area (Å²) in [5.41, 5.74) is 2.81. The highest BCUT2D eigenvalue weighted by atomic mass is 16.6. The third-order valence-corrected chi connectivity index (χ3v) is 3.54. The predicted molar refractivity (Wildman–Crippen MR) is 87.9 cm³/mol. The van der Waals surface area contributed by atoms with Crippen LogP contribution in [0.5, 0.6) is 5.75 Å². The minimum atomic E-state index is -0.520. The van der Waals surface area contributed by atoms with Crippen LogP contribution in [-0.4, -0.2) is 17.4 Å². The van der Waals surface area contributed by atoms with Crippen molar-refractivity contribution in [2.24, 2.45) is 0 Å². The van der Waals surface area contributed by atoms with Crippen molar-refractivity contribution in [3.63, 3.8) is 0 Å². The fraction of sp³-hybridized carbons (Fsp3) is 0.235. The Morgan fingerprint density at radius 2 is 1.96 bits per heavy atom. The fourth-order valence-electron chi connectivity index (χ4n) is 2.11. The van der Waals surface area contributed by atoms with Gasteiger partial charge in [0.15, 0.2) is 6.61 Å². The Morgan fingerprint density at radius 3 is 2.65 bits per heavy atom. The van der Waals surface area contributed by atoms with Gasteiger partial charge in [0.05, 0.1) is 4.92 Å². The molecule has 0 atom stereocenters. The topological polar surface area (TPSA) is 81.5 Å². The van der Waals surface area contributed by atoms with Gasteiger partial charge in [-0.05, 0) is 49.6 Å². The molecule has 6 nitrogen and oxygen atoms in total. The first kappa shape index (κ1) is 16.5. The summed E-state index contributed by atoms with van der Waals surface area (Å²) in [4.78, 5) is 22.5. The van der Waals surface area contributed by atoms with Gasteiger partial charge in [-0.25, -0.2) is 0 Å². The second-order valence-electron chi connectivity index (χ2n) is 5.31. The monoisotopic (exact) mass is 314 g/mol. The van der Waals surface area contributed by atoms with E-state index in [-0.39, 0.29) is 18.0 Å². The first-order chi connectivity index (χ1) is 10.9. The highest BCUT2D eigenvalue weighted by Crippen LogP contribution is 2.25. The van der Waals surface area contributed by atoms with E-state index in [2.05, 4.69) is 5.32 Å². The number of anilines is 1. The van der Waals surface area contributed by atoms with E-state index >= 15 is 0 Å². The molecular formula is C17H18N2O4. The Balaban J connectivity index is 2.06. The lowest BCUT2D eigenvalue weighted by molar-refractivity contribution is -0.384. The zero-order valence-electron chi connectivity index (χ0n) is 13.3. The average molecular weight is 314 g/mol. The molecule has 120 valence electrons. The van der Waals surface area contributed by atoms with E-state index < -0.39 is 10.8 Å². The summed E-state index contributed by atoms with van der Waals surface area (Å²) in [7, 11) is 0. The van der Waals surface area contributed by atoms with Crippen LogP contribution in [0, 0.1) is 30.9 Å². The zero-order chi connectivity index (χ0) is 17.0.